The fraction of sp³-hybridized carbons (Fsp3) is 0.500. The van der Waals surface area contributed by atoms with Crippen molar-refractivity contribution in [1.82, 2.24) is 5.32 Å². The maximum atomic E-state index is 13.8. The van der Waals surface area contributed by atoms with E-state index in [0.29, 0.717) is 42.8 Å². The molecule has 0 bridgehead atoms. The van der Waals surface area contributed by atoms with Crippen molar-refractivity contribution in [3.63, 3.8) is 0 Å². The van der Waals surface area contributed by atoms with Gasteiger partial charge < -0.3 is 29.2 Å². The van der Waals surface area contributed by atoms with Gasteiger partial charge in [-0.1, -0.05) is 41.6 Å². The van der Waals surface area contributed by atoms with E-state index in [0.717, 1.165) is 27.9 Å². The summed E-state index contributed by atoms with van der Waals surface area (Å²) in [6.07, 6.45) is 0.671. The van der Waals surface area contributed by atoms with E-state index < -0.39 is 25.6 Å². The smallest absolute Gasteiger partial charge is 0.352 e. The first kappa shape index (κ1) is 28.2. The molecule has 0 amide bonds. The van der Waals surface area contributed by atoms with E-state index in [1.165, 1.54) is 18.9 Å². The second kappa shape index (κ2) is 11.3. The van der Waals surface area contributed by atoms with Gasteiger partial charge in [0.2, 0.25) is 11.3 Å². The molecule has 5 heterocycles. The molecular formula is C30H37N2O7P. The maximum Gasteiger partial charge on any atom is 0.352 e. The molecule has 4 aliphatic rings. The van der Waals surface area contributed by atoms with Crippen molar-refractivity contribution < 1.29 is 28.5 Å². The maximum absolute atomic E-state index is 13.8. The Bertz CT molecular complexity index is 1440. The number of cyclic esters (lactones) is 1. The van der Waals surface area contributed by atoms with Crippen molar-refractivity contribution in [2.45, 2.75) is 72.0 Å². The van der Waals surface area contributed by atoms with Crippen LogP contribution in [0.1, 0.15) is 75.2 Å². The van der Waals surface area contributed by atoms with Crippen molar-refractivity contribution in [3.8, 4) is 11.5 Å². The number of nitrogens with one attached hydrogen (secondary N) is 1. The molecule has 2 aromatic rings. The summed E-state index contributed by atoms with van der Waals surface area (Å²) < 4.78 is 22.3. The van der Waals surface area contributed by atoms with Gasteiger partial charge in [0.05, 0.1) is 6.04 Å². The minimum absolute atomic E-state index is 0.00589. The van der Waals surface area contributed by atoms with Gasteiger partial charge in [-0.05, 0) is 23.3 Å². The van der Waals surface area contributed by atoms with Gasteiger partial charge in [-0.25, -0.2) is 4.79 Å². The molecule has 0 saturated carbocycles. The molecular weight excluding hydrogens is 531 g/mol. The second-order valence-electron chi connectivity index (χ2n) is 10.8. The number of fused-ring (bicyclic) bond motifs is 6. The summed E-state index contributed by atoms with van der Waals surface area (Å²) >= 11 is 0. The molecule has 0 aliphatic carbocycles. The molecule has 9 nitrogen and oxygen atoms in total. The lowest BCUT2D eigenvalue weighted by Gasteiger charge is -2.38. The Kier molecular flexibility index (Phi) is 7.98. The summed E-state index contributed by atoms with van der Waals surface area (Å²) in [6, 6.07) is 6.15. The third kappa shape index (κ3) is 4.90. The Labute approximate surface area is 235 Å². The first-order chi connectivity index (χ1) is 19.2. The monoisotopic (exact) mass is 568 g/mol. The van der Waals surface area contributed by atoms with Gasteiger partial charge >= 0.3 is 11.9 Å². The predicted molar refractivity (Wildman–Crippen MR) is 154 cm³/mol. The molecule has 40 heavy (non-hydrogen) atoms. The Morgan fingerprint density at radius 2 is 1.80 bits per heavy atom. The number of carbonyl (C=O) groups excluding carboxylic acids is 2. The molecule has 0 fully saturated rings. The second-order valence-corrected chi connectivity index (χ2v) is 12.9. The molecule has 1 aromatic carbocycles. The van der Waals surface area contributed by atoms with Crippen LogP contribution in [0.4, 0.5) is 5.69 Å². The quantitative estimate of drug-likeness (QED) is 0.519. The van der Waals surface area contributed by atoms with Crippen LogP contribution >= 0.6 is 7.53 Å². The minimum Gasteiger partial charge on any atom is -0.486 e. The van der Waals surface area contributed by atoms with E-state index in [1.807, 2.05) is 19.2 Å². The average molecular weight is 569 g/mol. The highest BCUT2D eigenvalue weighted by atomic mass is 31.1. The van der Waals surface area contributed by atoms with E-state index >= 15 is 0 Å². The van der Waals surface area contributed by atoms with Crippen molar-refractivity contribution in [2.24, 2.45) is 0 Å². The van der Waals surface area contributed by atoms with Crippen LogP contribution in [0.2, 0.25) is 0 Å². The molecule has 0 saturated heterocycles. The van der Waals surface area contributed by atoms with Crippen LogP contribution in [0.5, 0.6) is 11.5 Å². The van der Waals surface area contributed by atoms with Crippen molar-refractivity contribution in [2.75, 3.05) is 31.7 Å². The summed E-state index contributed by atoms with van der Waals surface area (Å²) in [5, 5.41) is 4.53. The van der Waals surface area contributed by atoms with Gasteiger partial charge in [0, 0.05) is 66.5 Å². The Morgan fingerprint density at radius 3 is 2.45 bits per heavy atom. The Morgan fingerprint density at radius 1 is 1.12 bits per heavy atom. The third-order valence-electron chi connectivity index (χ3n) is 7.37. The molecule has 214 valence electrons. The summed E-state index contributed by atoms with van der Waals surface area (Å²) in [7, 11) is 0.849. The SMILES string of the molecule is CC(=O)OC1C(=O)OCc2c1cc1p(c2=O)CC2=C(CNC(C)C)c3cc4c(cc3N(C)C21)OCCO4.CCC. The minimum atomic E-state index is -1.22. The molecule has 0 radical (unpaired) electrons. The van der Waals surface area contributed by atoms with Gasteiger partial charge in [-0.15, -0.1) is 0 Å². The van der Waals surface area contributed by atoms with Crippen molar-refractivity contribution >= 4 is 30.7 Å². The number of carbonyl (C=O) groups is 2. The van der Waals surface area contributed by atoms with Crippen LogP contribution in [0, 0.1) is 0 Å². The Hall–Kier alpha value is -3.29. The lowest BCUT2D eigenvalue weighted by atomic mass is 9.87. The highest BCUT2D eigenvalue weighted by molar-refractivity contribution is 7.49. The molecule has 3 unspecified atom stereocenters. The number of benzene rings is 1. The molecule has 6 rings (SSSR count). The van der Waals surface area contributed by atoms with Crippen LogP contribution in [-0.2, 0) is 31.8 Å². The lowest BCUT2D eigenvalue weighted by molar-refractivity contribution is -0.170. The number of esters is 2. The summed E-state index contributed by atoms with van der Waals surface area (Å²) in [5.41, 5.74) is 5.33. The number of nitrogens with zero attached hydrogens (tertiary/aromatic N) is 1. The van der Waals surface area contributed by atoms with E-state index in [4.69, 9.17) is 18.9 Å². The van der Waals surface area contributed by atoms with Gasteiger partial charge in [0.15, 0.2) is 11.5 Å². The highest BCUT2D eigenvalue weighted by Gasteiger charge is 2.43. The topological polar surface area (TPSA) is 103 Å². The van der Waals surface area contributed by atoms with Gasteiger partial charge in [-0.2, -0.15) is 0 Å². The molecule has 1 aromatic heterocycles. The normalized spacial score (nSPS) is 20.5. The van der Waals surface area contributed by atoms with Crippen LogP contribution in [0.3, 0.4) is 0 Å². The van der Waals surface area contributed by atoms with Crippen LogP contribution < -0.4 is 24.9 Å². The first-order valence-corrected chi connectivity index (χ1v) is 15.4. The lowest BCUT2D eigenvalue weighted by Crippen LogP contribution is -2.33. The van der Waals surface area contributed by atoms with Gasteiger partial charge in [-0.3, -0.25) is 9.59 Å². The van der Waals surface area contributed by atoms with Gasteiger partial charge in [0.1, 0.15) is 19.8 Å². The number of likely N-dealkylation sites (N-methyl/N-ethyl adjacent to an activating group) is 1. The fourth-order valence-corrected chi connectivity index (χ4v) is 8.39. The fourth-order valence-electron chi connectivity index (χ4n) is 5.69. The zero-order valence-electron chi connectivity index (χ0n) is 24.0. The molecule has 10 heteroatoms. The van der Waals surface area contributed by atoms with Gasteiger partial charge in [0.25, 0.3) is 0 Å². The number of ether oxygens (including phenoxy) is 4. The van der Waals surface area contributed by atoms with Crippen molar-refractivity contribution in [3.05, 3.63) is 55.7 Å². The largest absolute Gasteiger partial charge is 0.486 e. The molecule has 4 aliphatic heterocycles. The van der Waals surface area contributed by atoms with Crippen molar-refractivity contribution in [1.29, 1.82) is 0 Å². The predicted octanol–water partition coefficient (Wildman–Crippen LogP) is 4.84. The number of rotatable bonds is 4. The molecule has 1 N–H and O–H groups in total. The number of hydrogen-bond donors (Lipinski definition) is 1. The van der Waals surface area contributed by atoms with E-state index in [-0.39, 0.29) is 23.9 Å². The van der Waals surface area contributed by atoms with E-state index in [1.54, 1.807) is 0 Å². The summed E-state index contributed by atoms with van der Waals surface area (Å²) in [5.74, 6) is 0.194. The number of hydrogen-bond acceptors (Lipinski definition) is 9. The highest BCUT2D eigenvalue weighted by Crippen LogP contribution is 2.58. The van der Waals surface area contributed by atoms with Crippen LogP contribution in [0.25, 0.3) is 5.57 Å². The van der Waals surface area contributed by atoms with E-state index in [9.17, 15) is 14.4 Å². The zero-order chi connectivity index (χ0) is 28.7. The van der Waals surface area contributed by atoms with Crippen LogP contribution in [-0.4, -0.2) is 44.8 Å². The molecule has 0 spiro atoms. The van der Waals surface area contributed by atoms with E-state index in [2.05, 4.69) is 44.0 Å². The zero-order valence-corrected chi connectivity index (χ0v) is 24.9. The molecule has 3 atom stereocenters. The third-order valence-corrected chi connectivity index (χ3v) is 9.79. The average Bonchev–Trinajstić information content (AvgIpc) is 3.30. The van der Waals surface area contributed by atoms with Crippen LogP contribution in [0.15, 0.2) is 28.6 Å². The summed E-state index contributed by atoms with van der Waals surface area (Å²) in [6.45, 7) is 11.3. The standard InChI is InChI=1S/C27H29N2O7P.C3H8/c1-13(2)28-10-17-15-7-21-22(34-6-5-33-21)9-20(15)29(4)24-19(17)12-37-23(24)8-16-18(27(37)32)11-35-26(31)25(16)36-14(3)30;1-3-2/h7-9,13,24-25,28H,5-6,10-12H2,1-4H3;3H2,1-2H3. The summed E-state index contributed by atoms with van der Waals surface area (Å²) in [4.78, 5) is 40.2. The Balaban J connectivity index is 0.00000103. The first-order valence-electron chi connectivity index (χ1n) is 13.9. The number of anilines is 1.